The Hall–Kier alpha value is -0.170. The first kappa shape index (κ1) is 27.8. The number of unbranched alkanes of at least 4 members (excludes halogenated alkanes) is 1. The fourth-order valence-corrected chi connectivity index (χ4v) is 3.97. The number of rotatable bonds is 12. The van der Waals surface area contributed by atoms with Crippen LogP contribution in [-0.4, -0.2) is 94.5 Å². The number of sulfonamides is 1. The number of halogens is 1. The van der Waals surface area contributed by atoms with Crippen LogP contribution in [0.5, 0.6) is 0 Å². The molecular weight excluding hydrogens is 495 g/mol. The number of aliphatic imine (C=N–C) groups is 1. The number of guanidine groups is 1. The minimum atomic E-state index is -3.27. The monoisotopic (exact) mass is 534 g/mol. The molecule has 0 atom stereocenters. The number of hydrogen-bond donors (Lipinski definition) is 1. The molecule has 168 valence electrons. The molecular formula is C18H39IN4O4S. The van der Waals surface area contributed by atoms with E-state index < -0.39 is 10.0 Å². The molecule has 1 fully saturated rings. The highest BCUT2D eigenvalue weighted by Gasteiger charge is 2.27. The van der Waals surface area contributed by atoms with Crippen molar-refractivity contribution in [1.82, 2.24) is 14.5 Å². The SMILES string of the molecule is CCCCOCCN=C(NCC)N1CCN(S(=O)(=O)CCOC(C)C)CC1.I. The normalized spacial score (nSPS) is 16.3. The number of piperazine rings is 1. The van der Waals surface area contributed by atoms with E-state index in [9.17, 15) is 8.42 Å². The van der Waals surface area contributed by atoms with E-state index in [0.29, 0.717) is 39.3 Å². The molecule has 1 rings (SSSR count). The third-order valence-corrected chi connectivity index (χ3v) is 6.03. The standard InChI is InChI=1S/C18H38N4O4S.HI/c1-5-7-13-25-14-8-20-18(19-6-2)21-9-11-22(12-10-21)27(23,24)16-15-26-17(3)4;/h17H,5-16H2,1-4H3,(H,19,20);1H. The summed E-state index contributed by atoms with van der Waals surface area (Å²) in [5.74, 6) is 0.866. The average molecular weight is 535 g/mol. The molecule has 0 radical (unpaired) electrons. The van der Waals surface area contributed by atoms with Crippen LogP contribution < -0.4 is 5.32 Å². The third-order valence-electron chi connectivity index (χ3n) is 4.20. The largest absolute Gasteiger partial charge is 0.380 e. The molecule has 10 heteroatoms. The summed E-state index contributed by atoms with van der Waals surface area (Å²) in [6.45, 7) is 13.2. The zero-order chi connectivity index (χ0) is 20.1. The summed E-state index contributed by atoms with van der Waals surface area (Å²) in [6, 6.07) is 0. The smallest absolute Gasteiger partial charge is 0.216 e. The molecule has 0 unspecified atom stereocenters. The molecule has 1 heterocycles. The molecule has 0 aromatic carbocycles. The Bertz CT molecular complexity index is 524. The van der Waals surface area contributed by atoms with E-state index in [4.69, 9.17) is 9.47 Å². The van der Waals surface area contributed by atoms with Crippen LogP contribution in [0.3, 0.4) is 0 Å². The minimum absolute atomic E-state index is 0. The van der Waals surface area contributed by atoms with Gasteiger partial charge in [-0.15, -0.1) is 24.0 Å². The van der Waals surface area contributed by atoms with Crippen molar-refractivity contribution in [3.63, 3.8) is 0 Å². The summed E-state index contributed by atoms with van der Waals surface area (Å²) in [4.78, 5) is 6.73. The average Bonchev–Trinajstić information content (AvgIpc) is 2.63. The zero-order valence-corrected chi connectivity index (χ0v) is 21.0. The van der Waals surface area contributed by atoms with Gasteiger partial charge in [-0.05, 0) is 27.2 Å². The quantitative estimate of drug-likeness (QED) is 0.178. The van der Waals surface area contributed by atoms with Crippen molar-refractivity contribution in [3.05, 3.63) is 0 Å². The van der Waals surface area contributed by atoms with Crippen LogP contribution in [-0.2, 0) is 19.5 Å². The van der Waals surface area contributed by atoms with Gasteiger partial charge in [0, 0.05) is 39.3 Å². The van der Waals surface area contributed by atoms with Crippen LogP contribution in [0.1, 0.15) is 40.5 Å². The van der Waals surface area contributed by atoms with Gasteiger partial charge >= 0.3 is 0 Å². The Balaban J connectivity index is 0.00000729. The van der Waals surface area contributed by atoms with Crippen LogP contribution in [0.25, 0.3) is 0 Å². The molecule has 0 aromatic heterocycles. The van der Waals surface area contributed by atoms with Crippen molar-refractivity contribution in [2.75, 3.05) is 64.8 Å². The van der Waals surface area contributed by atoms with E-state index in [1.807, 2.05) is 20.8 Å². The molecule has 1 aliphatic rings. The molecule has 28 heavy (non-hydrogen) atoms. The molecule has 1 N–H and O–H groups in total. The molecule has 0 bridgehead atoms. The Morgan fingerprint density at radius 2 is 1.79 bits per heavy atom. The third kappa shape index (κ3) is 11.1. The van der Waals surface area contributed by atoms with Crippen molar-refractivity contribution in [2.45, 2.75) is 46.6 Å². The van der Waals surface area contributed by atoms with E-state index in [-0.39, 0.29) is 42.4 Å². The lowest BCUT2D eigenvalue weighted by atomic mass is 10.4. The predicted octanol–water partition coefficient (Wildman–Crippen LogP) is 1.76. The summed E-state index contributed by atoms with van der Waals surface area (Å²) >= 11 is 0. The van der Waals surface area contributed by atoms with E-state index in [1.54, 1.807) is 4.31 Å². The molecule has 0 spiro atoms. The van der Waals surface area contributed by atoms with Gasteiger partial charge in [-0.3, -0.25) is 4.99 Å². The van der Waals surface area contributed by atoms with E-state index >= 15 is 0 Å². The van der Waals surface area contributed by atoms with Crippen molar-refractivity contribution < 1.29 is 17.9 Å². The fourth-order valence-electron chi connectivity index (χ4n) is 2.69. The Morgan fingerprint density at radius 3 is 2.36 bits per heavy atom. The van der Waals surface area contributed by atoms with Gasteiger partial charge in [0.1, 0.15) is 0 Å². The Morgan fingerprint density at radius 1 is 1.11 bits per heavy atom. The summed E-state index contributed by atoms with van der Waals surface area (Å²) in [7, 11) is -3.27. The summed E-state index contributed by atoms with van der Waals surface area (Å²) < 4.78 is 37.4. The fraction of sp³-hybridized carbons (Fsp3) is 0.944. The Kier molecular flexibility index (Phi) is 15.5. The second-order valence-electron chi connectivity index (χ2n) is 6.82. The van der Waals surface area contributed by atoms with Crippen molar-refractivity contribution in [1.29, 1.82) is 0 Å². The minimum Gasteiger partial charge on any atom is -0.380 e. The second kappa shape index (κ2) is 15.6. The molecule has 1 aliphatic heterocycles. The van der Waals surface area contributed by atoms with Crippen LogP contribution >= 0.6 is 24.0 Å². The van der Waals surface area contributed by atoms with Crippen molar-refractivity contribution in [2.24, 2.45) is 4.99 Å². The lowest BCUT2D eigenvalue weighted by Crippen LogP contribution is -2.54. The summed E-state index contributed by atoms with van der Waals surface area (Å²) in [5, 5.41) is 3.29. The van der Waals surface area contributed by atoms with Gasteiger partial charge < -0.3 is 19.7 Å². The summed E-state index contributed by atoms with van der Waals surface area (Å²) in [6.07, 6.45) is 2.24. The van der Waals surface area contributed by atoms with Gasteiger partial charge in [-0.2, -0.15) is 4.31 Å². The molecule has 0 aromatic rings. The van der Waals surface area contributed by atoms with Gasteiger partial charge in [0.15, 0.2) is 5.96 Å². The number of ether oxygens (including phenoxy) is 2. The first-order chi connectivity index (χ1) is 12.9. The topological polar surface area (TPSA) is 83.5 Å². The first-order valence-electron chi connectivity index (χ1n) is 10.1. The van der Waals surface area contributed by atoms with Gasteiger partial charge in [0.25, 0.3) is 0 Å². The van der Waals surface area contributed by atoms with Gasteiger partial charge in [-0.1, -0.05) is 13.3 Å². The lowest BCUT2D eigenvalue weighted by molar-refractivity contribution is 0.0904. The lowest BCUT2D eigenvalue weighted by Gasteiger charge is -2.35. The van der Waals surface area contributed by atoms with E-state index in [1.165, 1.54) is 0 Å². The Labute approximate surface area is 188 Å². The van der Waals surface area contributed by atoms with Crippen LogP contribution in [0.2, 0.25) is 0 Å². The second-order valence-corrected chi connectivity index (χ2v) is 8.91. The van der Waals surface area contributed by atoms with Crippen molar-refractivity contribution >= 4 is 40.0 Å². The number of nitrogens with zero attached hydrogens (tertiary/aromatic N) is 3. The molecule has 0 amide bonds. The van der Waals surface area contributed by atoms with Crippen LogP contribution in [0, 0.1) is 0 Å². The van der Waals surface area contributed by atoms with Gasteiger partial charge in [0.2, 0.25) is 10.0 Å². The van der Waals surface area contributed by atoms with E-state index in [0.717, 1.165) is 32.0 Å². The van der Waals surface area contributed by atoms with Crippen LogP contribution in [0.15, 0.2) is 4.99 Å². The maximum absolute atomic E-state index is 12.4. The molecule has 0 aliphatic carbocycles. The molecule has 8 nitrogen and oxygen atoms in total. The highest BCUT2D eigenvalue weighted by molar-refractivity contribution is 14.0. The van der Waals surface area contributed by atoms with E-state index in [2.05, 4.69) is 22.1 Å². The number of nitrogens with one attached hydrogen (secondary N) is 1. The maximum atomic E-state index is 12.4. The highest BCUT2D eigenvalue weighted by atomic mass is 127. The number of hydrogen-bond acceptors (Lipinski definition) is 5. The molecule has 1 saturated heterocycles. The van der Waals surface area contributed by atoms with Crippen molar-refractivity contribution in [3.8, 4) is 0 Å². The first-order valence-corrected chi connectivity index (χ1v) is 11.7. The summed E-state index contributed by atoms with van der Waals surface area (Å²) in [5.41, 5.74) is 0. The van der Waals surface area contributed by atoms with Gasteiger partial charge in [0.05, 0.1) is 31.6 Å². The molecule has 0 saturated carbocycles. The van der Waals surface area contributed by atoms with Crippen LogP contribution in [0.4, 0.5) is 0 Å². The highest BCUT2D eigenvalue weighted by Crippen LogP contribution is 2.09. The zero-order valence-electron chi connectivity index (χ0n) is 17.9. The predicted molar refractivity (Wildman–Crippen MR) is 125 cm³/mol. The maximum Gasteiger partial charge on any atom is 0.216 e. The van der Waals surface area contributed by atoms with Gasteiger partial charge in [-0.25, -0.2) is 8.42 Å².